The first-order chi connectivity index (χ1) is 13.7. The maximum atomic E-state index is 12.7. The highest BCUT2D eigenvalue weighted by atomic mass is 16.5. The van der Waals surface area contributed by atoms with Gasteiger partial charge in [-0.15, -0.1) is 0 Å². The van der Waals surface area contributed by atoms with Gasteiger partial charge in [0.2, 0.25) is 0 Å². The summed E-state index contributed by atoms with van der Waals surface area (Å²) in [7, 11) is 0. The van der Waals surface area contributed by atoms with Gasteiger partial charge in [-0.25, -0.2) is 0 Å². The fourth-order valence-electron chi connectivity index (χ4n) is 2.93. The first-order valence-corrected chi connectivity index (χ1v) is 8.85. The third-order valence-electron chi connectivity index (χ3n) is 4.26. The molecule has 28 heavy (non-hydrogen) atoms. The van der Waals surface area contributed by atoms with E-state index in [4.69, 9.17) is 9.47 Å². The zero-order valence-corrected chi connectivity index (χ0v) is 15.0. The Morgan fingerprint density at radius 3 is 2.64 bits per heavy atom. The second-order valence-electron chi connectivity index (χ2n) is 6.22. The standard InChI is InChI=1S/C22H18N2O4/c25-20-14-27-21-17(10-6-11-18(21)24-20)22(26)23-13-15-7-4-5-12-19(15)28-16-8-2-1-3-9-16/h1-12H,13-14H2,(H,23,26)(H,24,25). The van der Waals surface area contributed by atoms with Crippen LogP contribution in [0.3, 0.4) is 0 Å². The molecule has 3 aromatic carbocycles. The van der Waals surface area contributed by atoms with Gasteiger partial charge in [0, 0.05) is 12.1 Å². The van der Waals surface area contributed by atoms with E-state index in [1.807, 2.05) is 54.6 Å². The number of amides is 2. The number of para-hydroxylation sites is 3. The summed E-state index contributed by atoms with van der Waals surface area (Å²) in [5, 5.41) is 5.59. The summed E-state index contributed by atoms with van der Waals surface area (Å²) in [6, 6.07) is 22.1. The molecule has 4 rings (SSSR count). The van der Waals surface area contributed by atoms with Gasteiger partial charge < -0.3 is 20.1 Å². The Hall–Kier alpha value is -3.80. The molecule has 6 heteroatoms. The van der Waals surface area contributed by atoms with Crippen molar-refractivity contribution in [2.45, 2.75) is 6.54 Å². The van der Waals surface area contributed by atoms with Crippen molar-refractivity contribution in [3.05, 3.63) is 83.9 Å². The quantitative estimate of drug-likeness (QED) is 0.713. The SMILES string of the molecule is O=C1COc2c(cccc2C(=O)NCc2ccccc2Oc2ccccc2)N1. The second kappa shape index (κ2) is 7.84. The van der Waals surface area contributed by atoms with Crippen molar-refractivity contribution in [2.75, 3.05) is 11.9 Å². The Morgan fingerprint density at radius 1 is 1.00 bits per heavy atom. The van der Waals surface area contributed by atoms with Gasteiger partial charge >= 0.3 is 0 Å². The van der Waals surface area contributed by atoms with Crippen LogP contribution in [0.25, 0.3) is 0 Å². The van der Waals surface area contributed by atoms with Crippen molar-refractivity contribution >= 4 is 17.5 Å². The number of carbonyl (C=O) groups is 2. The summed E-state index contributed by atoms with van der Waals surface area (Å²) in [6.45, 7) is 0.183. The third kappa shape index (κ3) is 3.81. The zero-order valence-electron chi connectivity index (χ0n) is 15.0. The molecular formula is C22H18N2O4. The van der Waals surface area contributed by atoms with Crippen LogP contribution in [-0.4, -0.2) is 18.4 Å². The van der Waals surface area contributed by atoms with Crippen LogP contribution < -0.4 is 20.1 Å². The Kier molecular flexibility index (Phi) is 4.93. The fourth-order valence-corrected chi connectivity index (χ4v) is 2.93. The van der Waals surface area contributed by atoms with Crippen LogP contribution in [-0.2, 0) is 11.3 Å². The lowest BCUT2D eigenvalue weighted by Crippen LogP contribution is -2.29. The maximum absolute atomic E-state index is 12.7. The lowest BCUT2D eigenvalue weighted by Gasteiger charge is -2.20. The molecule has 0 atom stereocenters. The van der Waals surface area contributed by atoms with E-state index in [-0.39, 0.29) is 25.0 Å². The summed E-state index contributed by atoms with van der Waals surface area (Å²) in [5.41, 5.74) is 1.72. The molecule has 2 N–H and O–H groups in total. The Bertz CT molecular complexity index is 1020. The van der Waals surface area contributed by atoms with E-state index >= 15 is 0 Å². The Balaban J connectivity index is 1.49. The number of anilines is 1. The molecule has 1 heterocycles. The van der Waals surface area contributed by atoms with E-state index in [1.165, 1.54) is 0 Å². The number of hydrogen-bond donors (Lipinski definition) is 2. The Morgan fingerprint density at radius 2 is 1.79 bits per heavy atom. The molecule has 6 nitrogen and oxygen atoms in total. The number of nitrogens with one attached hydrogen (secondary N) is 2. The molecule has 0 unspecified atom stereocenters. The molecule has 0 saturated heterocycles. The lowest BCUT2D eigenvalue weighted by molar-refractivity contribution is -0.118. The minimum atomic E-state index is -0.289. The molecule has 0 aliphatic carbocycles. The summed E-state index contributed by atoms with van der Waals surface area (Å²) in [5.74, 6) is 1.25. The van der Waals surface area contributed by atoms with Gasteiger partial charge in [-0.05, 0) is 30.3 Å². The molecular weight excluding hydrogens is 356 g/mol. The number of ether oxygens (including phenoxy) is 2. The normalized spacial score (nSPS) is 12.4. The van der Waals surface area contributed by atoms with Crippen LogP contribution in [0, 0.1) is 0 Å². The van der Waals surface area contributed by atoms with Crippen molar-refractivity contribution in [3.63, 3.8) is 0 Å². The van der Waals surface area contributed by atoms with E-state index in [9.17, 15) is 9.59 Å². The summed E-state index contributed by atoms with van der Waals surface area (Å²) in [6.07, 6.45) is 0. The minimum Gasteiger partial charge on any atom is -0.481 e. The van der Waals surface area contributed by atoms with Gasteiger partial charge in [0.1, 0.15) is 11.5 Å². The maximum Gasteiger partial charge on any atom is 0.262 e. The lowest BCUT2D eigenvalue weighted by atomic mass is 10.1. The molecule has 0 spiro atoms. The first kappa shape index (κ1) is 17.6. The van der Waals surface area contributed by atoms with Gasteiger partial charge in [-0.3, -0.25) is 9.59 Å². The van der Waals surface area contributed by atoms with E-state index in [0.717, 1.165) is 11.3 Å². The van der Waals surface area contributed by atoms with Crippen molar-refractivity contribution in [1.29, 1.82) is 0 Å². The van der Waals surface area contributed by atoms with Crippen LogP contribution in [0.5, 0.6) is 17.2 Å². The molecule has 0 bridgehead atoms. The van der Waals surface area contributed by atoms with E-state index in [0.29, 0.717) is 22.7 Å². The smallest absolute Gasteiger partial charge is 0.262 e. The zero-order chi connectivity index (χ0) is 19.3. The van der Waals surface area contributed by atoms with Crippen molar-refractivity contribution < 1.29 is 19.1 Å². The second-order valence-corrected chi connectivity index (χ2v) is 6.22. The van der Waals surface area contributed by atoms with Crippen LogP contribution in [0.4, 0.5) is 5.69 Å². The molecule has 140 valence electrons. The highest BCUT2D eigenvalue weighted by Crippen LogP contribution is 2.31. The molecule has 2 amide bonds. The molecule has 0 aromatic heterocycles. The van der Waals surface area contributed by atoms with Gasteiger partial charge in [0.15, 0.2) is 12.4 Å². The van der Waals surface area contributed by atoms with Crippen molar-refractivity contribution in [2.24, 2.45) is 0 Å². The molecule has 0 radical (unpaired) electrons. The number of hydrogen-bond acceptors (Lipinski definition) is 4. The molecule has 1 aliphatic heterocycles. The average molecular weight is 374 g/mol. The van der Waals surface area contributed by atoms with Gasteiger partial charge in [-0.2, -0.15) is 0 Å². The number of rotatable bonds is 5. The predicted molar refractivity (Wildman–Crippen MR) is 105 cm³/mol. The van der Waals surface area contributed by atoms with E-state index in [1.54, 1.807) is 18.2 Å². The summed E-state index contributed by atoms with van der Waals surface area (Å²) < 4.78 is 11.4. The van der Waals surface area contributed by atoms with Crippen molar-refractivity contribution in [1.82, 2.24) is 5.32 Å². The van der Waals surface area contributed by atoms with Gasteiger partial charge in [0.05, 0.1) is 11.3 Å². The summed E-state index contributed by atoms with van der Waals surface area (Å²) in [4.78, 5) is 24.2. The number of fused-ring (bicyclic) bond motifs is 1. The minimum absolute atomic E-state index is 0.106. The summed E-state index contributed by atoms with van der Waals surface area (Å²) >= 11 is 0. The number of carbonyl (C=O) groups excluding carboxylic acids is 2. The number of benzene rings is 3. The monoisotopic (exact) mass is 374 g/mol. The first-order valence-electron chi connectivity index (χ1n) is 8.85. The Labute approximate surface area is 162 Å². The highest BCUT2D eigenvalue weighted by molar-refractivity contribution is 6.03. The molecule has 3 aromatic rings. The van der Waals surface area contributed by atoms with Crippen LogP contribution in [0.2, 0.25) is 0 Å². The average Bonchev–Trinajstić information content (AvgIpc) is 2.73. The molecule has 0 fully saturated rings. The molecule has 1 aliphatic rings. The molecule has 0 saturated carbocycles. The van der Waals surface area contributed by atoms with E-state index < -0.39 is 0 Å². The van der Waals surface area contributed by atoms with Crippen LogP contribution in [0.1, 0.15) is 15.9 Å². The van der Waals surface area contributed by atoms with Crippen LogP contribution >= 0.6 is 0 Å². The van der Waals surface area contributed by atoms with Gasteiger partial charge in [-0.1, -0.05) is 42.5 Å². The fraction of sp³-hybridized carbons (Fsp3) is 0.0909. The predicted octanol–water partition coefficient (Wildman–Crippen LogP) is 3.74. The highest BCUT2D eigenvalue weighted by Gasteiger charge is 2.22. The van der Waals surface area contributed by atoms with Gasteiger partial charge in [0.25, 0.3) is 11.8 Å². The van der Waals surface area contributed by atoms with Crippen molar-refractivity contribution in [3.8, 4) is 17.2 Å². The van der Waals surface area contributed by atoms with E-state index in [2.05, 4.69) is 10.6 Å². The third-order valence-corrected chi connectivity index (χ3v) is 4.26. The topological polar surface area (TPSA) is 76.7 Å². The van der Waals surface area contributed by atoms with Crippen LogP contribution in [0.15, 0.2) is 72.8 Å². The largest absolute Gasteiger partial charge is 0.481 e.